The lowest BCUT2D eigenvalue weighted by molar-refractivity contribution is 0.102. The summed E-state index contributed by atoms with van der Waals surface area (Å²) < 4.78 is 0.979. The van der Waals surface area contributed by atoms with E-state index in [1.165, 1.54) is 6.42 Å². The number of hydrogen-bond acceptors (Lipinski definition) is 5. The van der Waals surface area contributed by atoms with E-state index in [0.717, 1.165) is 50.6 Å². The molecule has 5 nitrogen and oxygen atoms in total. The van der Waals surface area contributed by atoms with Crippen LogP contribution in [0.3, 0.4) is 0 Å². The summed E-state index contributed by atoms with van der Waals surface area (Å²) in [4.78, 5) is 26.3. The Bertz CT molecular complexity index is 986. The average molecular weight is 445 g/mol. The van der Waals surface area contributed by atoms with Gasteiger partial charge in [-0.25, -0.2) is 9.97 Å². The number of thiophene rings is 1. The zero-order chi connectivity index (χ0) is 19.0. The van der Waals surface area contributed by atoms with Crippen LogP contribution in [0.25, 0.3) is 10.2 Å². The van der Waals surface area contributed by atoms with Crippen molar-refractivity contribution < 1.29 is 4.79 Å². The van der Waals surface area contributed by atoms with E-state index >= 15 is 0 Å². The van der Waals surface area contributed by atoms with Gasteiger partial charge in [0.05, 0.1) is 10.9 Å². The molecule has 3 heterocycles. The molecule has 1 fully saturated rings. The second-order valence-electron chi connectivity index (χ2n) is 7.07. The molecule has 0 bridgehead atoms. The number of fused-ring (bicyclic) bond motifs is 1. The average Bonchev–Trinajstić information content (AvgIpc) is 2.99. The number of piperidine rings is 1. The third-order valence-electron chi connectivity index (χ3n) is 4.93. The summed E-state index contributed by atoms with van der Waals surface area (Å²) in [5, 5.41) is 3.89. The van der Waals surface area contributed by atoms with Crippen LogP contribution in [0.5, 0.6) is 0 Å². The second kappa shape index (κ2) is 7.56. The second-order valence-corrected chi connectivity index (χ2v) is 9.18. The van der Waals surface area contributed by atoms with E-state index in [0.29, 0.717) is 11.5 Å². The van der Waals surface area contributed by atoms with Crippen LogP contribution in [0.15, 0.2) is 35.1 Å². The maximum absolute atomic E-state index is 13.1. The highest BCUT2D eigenvalue weighted by atomic mass is 79.9. The Morgan fingerprint density at radius 2 is 2.07 bits per heavy atom. The van der Waals surface area contributed by atoms with Crippen molar-refractivity contribution in [3.8, 4) is 0 Å². The Labute approximate surface area is 171 Å². The smallest absolute Gasteiger partial charge is 0.257 e. The molecule has 1 aliphatic rings. The van der Waals surface area contributed by atoms with Gasteiger partial charge in [-0.15, -0.1) is 11.3 Å². The van der Waals surface area contributed by atoms with Gasteiger partial charge in [-0.1, -0.05) is 22.9 Å². The Kier molecular flexibility index (Phi) is 5.14. The Morgan fingerprint density at radius 3 is 2.81 bits per heavy atom. The Hall–Kier alpha value is -1.99. The zero-order valence-electron chi connectivity index (χ0n) is 15.3. The Morgan fingerprint density at radius 1 is 1.30 bits per heavy atom. The predicted molar refractivity (Wildman–Crippen MR) is 115 cm³/mol. The van der Waals surface area contributed by atoms with Gasteiger partial charge in [-0.3, -0.25) is 4.79 Å². The van der Waals surface area contributed by atoms with Gasteiger partial charge in [0.2, 0.25) is 0 Å². The van der Waals surface area contributed by atoms with Crippen molar-refractivity contribution >= 4 is 54.9 Å². The number of anilines is 2. The maximum Gasteiger partial charge on any atom is 0.257 e. The van der Waals surface area contributed by atoms with Crippen LogP contribution in [0.2, 0.25) is 0 Å². The summed E-state index contributed by atoms with van der Waals surface area (Å²) in [5.41, 5.74) is 1.46. The number of nitrogens with zero attached hydrogens (tertiary/aromatic N) is 3. The topological polar surface area (TPSA) is 58.1 Å². The molecular weight excluding hydrogens is 424 g/mol. The van der Waals surface area contributed by atoms with E-state index in [4.69, 9.17) is 0 Å². The van der Waals surface area contributed by atoms with Gasteiger partial charge >= 0.3 is 0 Å². The molecule has 27 heavy (non-hydrogen) atoms. The standard InChI is InChI=1S/C20H21BrN4OS/c1-12-4-3-9-25(10-12)18-17-16(13(2)27-20(17)23-11-22-18)19(26)24-15-7-5-14(21)6-8-15/h5-8,11-12H,3-4,9-10H2,1-2H3,(H,24,26). The third-order valence-corrected chi connectivity index (χ3v) is 6.47. The van der Waals surface area contributed by atoms with Gasteiger partial charge < -0.3 is 10.2 Å². The number of rotatable bonds is 3. The maximum atomic E-state index is 13.1. The molecule has 1 N–H and O–H groups in total. The van der Waals surface area contributed by atoms with Crippen LogP contribution in [-0.2, 0) is 0 Å². The number of amides is 1. The van der Waals surface area contributed by atoms with E-state index in [1.807, 2.05) is 31.2 Å². The minimum atomic E-state index is -0.109. The van der Waals surface area contributed by atoms with Gasteiger partial charge in [-0.2, -0.15) is 0 Å². The molecule has 1 saturated heterocycles. The number of nitrogens with one attached hydrogen (secondary N) is 1. The molecule has 1 atom stereocenters. The molecule has 4 rings (SSSR count). The normalized spacial score (nSPS) is 17.3. The largest absolute Gasteiger partial charge is 0.356 e. The highest BCUT2D eigenvalue weighted by Gasteiger charge is 2.25. The van der Waals surface area contributed by atoms with E-state index in [1.54, 1.807) is 17.7 Å². The third kappa shape index (κ3) is 3.71. The van der Waals surface area contributed by atoms with Gasteiger partial charge in [-0.05, 0) is 49.9 Å². The number of hydrogen-bond donors (Lipinski definition) is 1. The number of halogens is 1. The SMILES string of the molecule is Cc1sc2ncnc(N3CCCC(C)C3)c2c1C(=O)Nc1ccc(Br)cc1. The summed E-state index contributed by atoms with van der Waals surface area (Å²) >= 11 is 4.97. The fraction of sp³-hybridized carbons (Fsp3) is 0.350. The predicted octanol–water partition coefficient (Wildman–Crippen LogP) is 5.25. The summed E-state index contributed by atoms with van der Waals surface area (Å²) in [6.45, 7) is 6.18. The first kappa shape index (κ1) is 18.4. The minimum absolute atomic E-state index is 0.109. The van der Waals surface area contributed by atoms with Crippen molar-refractivity contribution in [2.45, 2.75) is 26.7 Å². The minimum Gasteiger partial charge on any atom is -0.356 e. The molecule has 3 aromatic rings. The van der Waals surface area contributed by atoms with Crippen LogP contribution in [0, 0.1) is 12.8 Å². The number of aryl methyl sites for hydroxylation is 1. The highest BCUT2D eigenvalue weighted by molar-refractivity contribution is 9.10. The summed E-state index contributed by atoms with van der Waals surface area (Å²) in [7, 11) is 0. The molecule has 1 unspecified atom stereocenters. The molecule has 7 heteroatoms. The number of carbonyl (C=O) groups excluding carboxylic acids is 1. The summed E-state index contributed by atoms with van der Waals surface area (Å²) in [6, 6.07) is 7.60. The van der Waals surface area contributed by atoms with Gasteiger partial charge in [0, 0.05) is 28.1 Å². The van der Waals surface area contributed by atoms with Crippen molar-refractivity contribution in [2.24, 2.45) is 5.92 Å². The lowest BCUT2D eigenvalue weighted by Crippen LogP contribution is -2.35. The first-order chi connectivity index (χ1) is 13.0. The van der Waals surface area contributed by atoms with Gasteiger partial charge in [0.15, 0.2) is 0 Å². The van der Waals surface area contributed by atoms with Crippen LogP contribution in [-0.4, -0.2) is 29.0 Å². The van der Waals surface area contributed by atoms with E-state index < -0.39 is 0 Å². The lowest BCUT2D eigenvalue weighted by atomic mass is 10.00. The van der Waals surface area contributed by atoms with Crippen molar-refractivity contribution in [1.82, 2.24) is 9.97 Å². The van der Waals surface area contributed by atoms with Crippen molar-refractivity contribution in [3.63, 3.8) is 0 Å². The first-order valence-corrected chi connectivity index (χ1v) is 10.7. The summed E-state index contributed by atoms with van der Waals surface area (Å²) in [5.74, 6) is 1.41. The lowest BCUT2D eigenvalue weighted by Gasteiger charge is -2.32. The van der Waals surface area contributed by atoms with Crippen LogP contribution >= 0.6 is 27.3 Å². The molecule has 2 aromatic heterocycles. The van der Waals surface area contributed by atoms with Gasteiger partial charge in [0.1, 0.15) is 17.0 Å². The first-order valence-electron chi connectivity index (χ1n) is 9.09. The molecule has 0 radical (unpaired) electrons. The van der Waals surface area contributed by atoms with Crippen molar-refractivity contribution in [3.05, 3.63) is 45.5 Å². The van der Waals surface area contributed by atoms with E-state index in [9.17, 15) is 4.79 Å². The van der Waals surface area contributed by atoms with Crippen LogP contribution in [0.4, 0.5) is 11.5 Å². The monoisotopic (exact) mass is 444 g/mol. The number of carbonyl (C=O) groups is 1. The van der Waals surface area contributed by atoms with Crippen molar-refractivity contribution in [2.75, 3.05) is 23.3 Å². The molecule has 1 aromatic carbocycles. The van der Waals surface area contributed by atoms with Crippen molar-refractivity contribution in [1.29, 1.82) is 0 Å². The molecule has 0 saturated carbocycles. The molecule has 0 aliphatic carbocycles. The van der Waals surface area contributed by atoms with Crippen LogP contribution < -0.4 is 10.2 Å². The zero-order valence-corrected chi connectivity index (χ0v) is 17.7. The summed E-state index contributed by atoms with van der Waals surface area (Å²) in [6.07, 6.45) is 4.00. The Balaban J connectivity index is 1.74. The molecule has 1 amide bonds. The number of aromatic nitrogens is 2. The van der Waals surface area contributed by atoms with Crippen LogP contribution in [0.1, 0.15) is 35.0 Å². The highest BCUT2D eigenvalue weighted by Crippen LogP contribution is 2.36. The van der Waals surface area contributed by atoms with Gasteiger partial charge in [0.25, 0.3) is 5.91 Å². The molecule has 1 aliphatic heterocycles. The quantitative estimate of drug-likeness (QED) is 0.598. The van der Waals surface area contributed by atoms with E-state index in [-0.39, 0.29) is 5.91 Å². The molecular formula is C20H21BrN4OS. The van der Waals surface area contributed by atoms with E-state index in [2.05, 4.69) is 43.0 Å². The molecule has 0 spiro atoms. The number of benzene rings is 1. The fourth-order valence-corrected chi connectivity index (χ4v) is 4.90. The molecule has 140 valence electrons. The fourth-order valence-electron chi connectivity index (χ4n) is 3.65.